The number of rotatable bonds is 6. The molecular formula is C16H21N5O. The van der Waals surface area contributed by atoms with Crippen LogP contribution in [0.3, 0.4) is 0 Å². The SMILES string of the molecule is CC(C)Nc1cnc(C(=O)N(C)CCc2ccncc2)cn1. The fourth-order valence-electron chi connectivity index (χ4n) is 1.95. The molecule has 2 heterocycles. The van der Waals surface area contributed by atoms with Gasteiger partial charge in [-0.15, -0.1) is 0 Å². The number of aromatic nitrogens is 3. The highest BCUT2D eigenvalue weighted by atomic mass is 16.2. The van der Waals surface area contributed by atoms with Crippen molar-refractivity contribution in [1.82, 2.24) is 19.9 Å². The minimum Gasteiger partial charge on any atom is -0.367 e. The molecule has 0 saturated carbocycles. The minimum absolute atomic E-state index is 0.127. The van der Waals surface area contributed by atoms with Gasteiger partial charge in [-0.2, -0.15) is 0 Å². The Morgan fingerprint density at radius 3 is 2.55 bits per heavy atom. The van der Waals surface area contributed by atoms with Crippen LogP contribution in [0.25, 0.3) is 0 Å². The van der Waals surface area contributed by atoms with Crippen molar-refractivity contribution in [3.05, 3.63) is 48.2 Å². The third kappa shape index (κ3) is 4.51. The average Bonchev–Trinajstić information content (AvgIpc) is 2.53. The molecule has 0 spiro atoms. The van der Waals surface area contributed by atoms with Gasteiger partial charge in [0.15, 0.2) is 0 Å². The molecule has 0 fully saturated rings. The standard InChI is InChI=1S/C16H21N5O/c1-12(2)20-15-11-18-14(10-19-15)16(22)21(3)9-6-13-4-7-17-8-5-13/h4-5,7-8,10-12H,6,9H2,1-3H3,(H,19,20). The molecule has 0 aliphatic heterocycles. The predicted octanol–water partition coefficient (Wildman–Crippen LogP) is 2.01. The van der Waals surface area contributed by atoms with Crippen LogP contribution in [0.5, 0.6) is 0 Å². The van der Waals surface area contributed by atoms with Crippen molar-refractivity contribution in [2.75, 3.05) is 18.9 Å². The van der Waals surface area contributed by atoms with E-state index in [1.807, 2.05) is 26.0 Å². The maximum Gasteiger partial charge on any atom is 0.273 e. The fourth-order valence-corrected chi connectivity index (χ4v) is 1.95. The number of anilines is 1. The van der Waals surface area contributed by atoms with E-state index in [1.165, 1.54) is 6.20 Å². The first-order valence-corrected chi connectivity index (χ1v) is 7.29. The number of hydrogen-bond acceptors (Lipinski definition) is 5. The first-order chi connectivity index (χ1) is 10.6. The van der Waals surface area contributed by atoms with E-state index in [9.17, 15) is 4.79 Å². The van der Waals surface area contributed by atoms with Crippen molar-refractivity contribution in [3.8, 4) is 0 Å². The second-order valence-corrected chi connectivity index (χ2v) is 5.42. The Bertz CT molecular complexity index is 598. The van der Waals surface area contributed by atoms with Crippen molar-refractivity contribution in [2.24, 2.45) is 0 Å². The fraction of sp³-hybridized carbons (Fsp3) is 0.375. The average molecular weight is 299 g/mol. The summed E-state index contributed by atoms with van der Waals surface area (Å²) in [5.74, 6) is 0.545. The number of nitrogens with one attached hydrogen (secondary N) is 1. The molecule has 6 heteroatoms. The summed E-state index contributed by atoms with van der Waals surface area (Å²) >= 11 is 0. The van der Waals surface area contributed by atoms with E-state index in [0.29, 0.717) is 18.1 Å². The van der Waals surface area contributed by atoms with E-state index in [-0.39, 0.29) is 11.9 Å². The molecule has 0 bridgehead atoms. The smallest absolute Gasteiger partial charge is 0.273 e. The van der Waals surface area contributed by atoms with Gasteiger partial charge >= 0.3 is 0 Å². The van der Waals surface area contributed by atoms with Crippen LogP contribution in [-0.2, 0) is 6.42 Å². The van der Waals surface area contributed by atoms with Gasteiger partial charge in [-0.1, -0.05) is 0 Å². The Labute approximate surface area is 130 Å². The van der Waals surface area contributed by atoms with E-state index >= 15 is 0 Å². The van der Waals surface area contributed by atoms with Gasteiger partial charge in [-0.05, 0) is 38.0 Å². The van der Waals surface area contributed by atoms with Crippen LogP contribution >= 0.6 is 0 Å². The van der Waals surface area contributed by atoms with Gasteiger partial charge in [-0.3, -0.25) is 9.78 Å². The molecule has 0 radical (unpaired) electrons. The molecule has 2 rings (SSSR count). The van der Waals surface area contributed by atoms with Crippen LogP contribution in [-0.4, -0.2) is 45.4 Å². The first kappa shape index (κ1) is 15.9. The number of carbonyl (C=O) groups is 1. The van der Waals surface area contributed by atoms with E-state index in [0.717, 1.165) is 12.0 Å². The summed E-state index contributed by atoms with van der Waals surface area (Å²) in [6.45, 7) is 4.66. The van der Waals surface area contributed by atoms with Crippen LogP contribution in [0.4, 0.5) is 5.82 Å². The lowest BCUT2D eigenvalue weighted by Gasteiger charge is -2.16. The van der Waals surface area contributed by atoms with Gasteiger partial charge in [0.25, 0.3) is 5.91 Å². The summed E-state index contributed by atoms with van der Waals surface area (Å²) in [5.41, 5.74) is 1.50. The van der Waals surface area contributed by atoms with Crippen LogP contribution in [0.1, 0.15) is 29.9 Å². The van der Waals surface area contributed by atoms with Crippen molar-refractivity contribution in [2.45, 2.75) is 26.3 Å². The molecule has 116 valence electrons. The Morgan fingerprint density at radius 2 is 1.95 bits per heavy atom. The molecule has 2 aromatic heterocycles. The Balaban J connectivity index is 1.92. The number of pyridine rings is 1. The Kier molecular flexibility index (Phi) is 5.41. The number of hydrogen-bond donors (Lipinski definition) is 1. The first-order valence-electron chi connectivity index (χ1n) is 7.29. The Hall–Kier alpha value is -2.50. The van der Waals surface area contributed by atoms with E-state index < -0.39 is 0 Å². The summed E-state index contributed by atoms with van der Waals surface area (Å²) in [4.78, 5) is 26.3. The van der Waals surface area contributed by atoms with E-state index in [1.54, 1.807) is 30.5 Å². The lowest BCUT2D eigenvalue weighted by molar-refractivity contribution is 0.0790. The zero-order valence-corrected chi connectivity index (χ0v) is 13.2. The molecule has 2 aromatic rings. The van der Waals surface area contributed by atoms with Gasteiger partial charge < -0.3 is 10.2 Å². The molecule has 1 N–H and O–H groups in total. The second kappa shape index (κ2) is 7.49. The largest absolute Gasteiger partial charge is 0.367 e. The molecule has 0 aromatic carbocycles. The zero-order chi connectivity index (χ0) is 15.9. The van der Waals surface area contributed by atoms with Crippen molar-refractivity contribution >= 4 is 11.7 Å². The molecule has 0 saturated heterocycles. The van der Waals surface area contributed by atoms with Gasteiger partial charge in [0, 0.05) is 32.0 Å². The topological polar surface area (TPSA) is 71.0 Å². The maximum absolute atomic E-state index is 12.3. The van der Waals surface area contributed by atoms with Gasteiger partial charge in [0.1, 0.15) is 11.5 Å². The summed E-state index contributed by atoms with van der Waals surface area (Å²) in [6, 6.07) is 4.17. The summed E-state index contributed by atoms with van der Waals surface area (Å²) in [5, 5.41) is 3.14. The number of carbonyl (C=O) groups excluding carboxylic acids is 1. The van der Waals surface area contributed by atoms with Crippen LogP contribution in [0.2, 0.25) is 0 Å². The summed E-state index contributed by atoms with van der Waals surface area (Å²) in [7, 11) is 1.77. The quantitative estimate of drug-likeness (QED) is 0.883. The summed E-state index contributed by atoms with van der Waals surface area (Å²) < 4.78 is 0. The van der Waals surface area contributed by atoms with Crippen LogP contribution < -0.4 is 5.32 Å². The van der Waals surface area contributed by atoms with Gasteiger partial charge in [0.05, 0.1) is 12.4 Å². The van der Waals surface area contributed by atoms with Crippen molar-refractivity contribution in [1.29, 1.82) is 0 Å². The highest BCUT2D eigenvalue weighted by Gasteiger charge is 2.13. The summed E-state index contributed by atoms with van der Waals surface area (Å²) in [6.07, 6.45) is 7.39. The third-order valence-electron chi connectivity index (χ3n) is 3.14. The number of amides is 1. The maximum atomic E-state index is 12.3. The van der Waals surface area contributed by atoms with Crippen molar-refractivity contribution in [3.63, 3.8) is 0 Å². The third-order valence-corrected chi connectivity index (χ3v) is 3.14. The zero-order valence-electron chi connectivity index (χ0n) is 13.2. The number of likely N-dealkylation sites (N-methyl/N-ethyl adjacent to an activating group) is 1. The molecule has 0 atom stereocenters. The van der Waals surface area contributed by atoms with Crippen molar-refractivity contribution < 1.29 is 4.79 Å². The lowest BCUT2D eigenvalue weighted by atomic mass is 10.2. The molecule has 0 aliphatic carbocycles. The molecule has 0 unspecified atom stereocenters. The lowest BCUT2D eigenvalue weighted by Crippen LogP contribution is -2.29. The normalized spacial score (nSPS) is 10.5. The van der Waals surface area contributed by atoms with Gasteiger partial charge in [-0.25, -0.2) is 9.97 Å². The Morgan fingerprint density at radius 1 is 1.23 bits per heavy atom. The molecule has 0 aliphatic rings. The second-order valence-electron chi connectivity index (χ2n) is 5.42. The van der Waals surface area contributed by atoms with Gasteiger partial charge in [0.2, 0.25) is 0 Å². The minimum atomic E-state index is -0.127. The van der Waals surface area contributed by atoms with E-state index in [4.69, 9.17) is 0 Å². The molecule has 1 amide bonds. The number of nitrogens with zero attached hydrogens (tertiary/aromatic N) is 4. The van der Waals surface area contributed by atoms with E-state index in [2.05, 4.69) is 20.3 Å². The predicted molar refractivity (Wildman–Crippen MR) is 85.7 cm³/mol. The highest BCUT2D eigenvalue weighted by molar-refractivity contribution is 5.91. The monoisotopic (exact) mass is 299 g/mol. The highest BCUT2D eigenvalue weighted by Crippen LogP contribution is 2.06. The molecule has 6 nitrogen and oxygen atoms in total. The van der Waals surface area contributed by atoms with Crippen LogP contribution in [0, 0.1) is 0 Å². The molecule has 22 heavy (non-hydrogen) atoms. The van der Waals surface area contributed by atoms with Crippen LogP contribution in [0.15, 0.2) is 36.9 Å². The molecular weight excluding hydrogens is 278 g/mol.